The van der Waals surface area contributed by atoms with Crippen molar-refractivity contribution in [3.63, 3.8) is 0 Å². The molecule has 100 valence electrons. The highest BCUT2D eigenvalue weighted by Gasteiger charge is 2.16. The summed E-state index contributed by atoms with van der Waals surface area (Å²) in [5, 5.41) is 14.0. The number of aromatic nitrogens is 1. The van der Waals surface area contributed by atoms with Crippen LogP contribution in [0.25, 0.3) is 10.9 Å². The number of hydrogen-bond donors (Lipinski definition) is 2. The number of piperidine rings is 1. The lowest BCUT2D eigenvalue weighted by Crippen LogP contribution is -2.36. The van der Waals surface area contributed by atoms with E-state index in [0.29, 0.717) is 6.04 Å². The highest BCUT2D eigenvalue weighted by molar-refractivity contribution is 5.82. The molecule has 2 aromatic rings. The molecule has 19 heavy (non-hydrogen) atoms. The third kappa shape index (κ3) is 2.79. The standard InChI is InChI=1S/C15H19N3O/c1-18-6-4-12(5-7-18)17-13-8-11-9-14(19)2-3-15(11)16-10-13/h2-3,8-10,12,17,19H,4-7H2,1H3. The molecule has 2 N–H and O–H groups in total. The predicted octanol–water partition coefficient (Wildman–Crippen LogP) is 2.45. The number of fused-ring (bicyclic) bond motifs is 1. The van der Waals surface area contributed by atoms with Crippen molar-refractivity contribution < 1.29 is 5.11 Å². The number of phenols is 1. The Morgan fingerprint density at radius 1 is 1.26 bits per heavy atom. The number of phenolic OH excluding ortho intramolecular Hbond substituents is 1. The van der Waals surface area contributed by atoms with Gasteiger partial charge in [-0.25, -0.2) is 0 Å². The van der Waals surface area contributed by atoms with Gasteiger partial charge in [0.15, 0.2) is 0 Å². The molecule has 1 aromatic heterocycles. The lowest BCUT2D eigenvalue weighted by atomic mass is 10.1. The summed E-state index contributed by atoms with van der Waals surface area (Å²) in [6.45, 7) is 2.28. The molecule has 0 radical (unpaired) electrons. The van der Waals surface area contributed by atoms with Crippen molar-refractivity contribution in [2.24, 2.45) is 0 Å². The summed E-state index contributed by atoms with van der Waals surface area (Å²) in [4.78, 5) is 6.77. The van der Waals surface area contributed by atoms with Gasteiger partial charge < -0.3 is 15.3 Å². The Morgan fingerprint density at radius 2 is 2.05 bits per heavy atom. The molecule has 4 nitrogen and oxygen atoms in total. The number of aromatic hydroxyl groups is 1. The molecular formula is C15H19N3O. The third-order valence-corrected chi connectivity index (χ3v) is 3.75. The van der Waals surface area contributed by atoms with E-state index in [1.54, 1.807) is 12.1 Å². The number of anilines is 1. The number of benzene rings is 1. The normalized spacial score (nSPS) is 17.7. The van der Waals surface area contributed by atoms with Gasteiger partial charge in [0.2, 0.25) is 0 Å². The van der Waals surface area contributed by atoms with Crippen LogP contribution in [0.4, 0.5) is 5.69 Å². The average molecular weight is 257 g/mol. The Balaban J connectivity index is 1.77. The van der Waals surface area contributed by atoms with Crippen LogP contribution in [-0.4, -0.2) is 41.2 Å². The molecule has 1 aromatic carbocycles. The minimum atomic E-state index is 0.283. The van der Waals surface area contributed by atoms with Gasteiger partial charge in [-0.15, -0.1) is 0 Å². The lowest BCUT2D eigenvalue weighted by molar-refractivity contribution is 0.264. The Labute approximate surface area is 113 Å². The molecule has 3 rings (SSSR count). The molecule has 1 aliphatic heterocycles. The lowest BCUT2D eigenvalue weighted by Gasteiger charge is -2.30. The molecule has 1 aliphatic rings. The maximum atomic E-state index is 9.52. The van der Waals surface area contributed by atoms with Crippen molar-refractivity contribution in [2.45, 2.75) is 18.9 Å². The number of pyridine rings is 1. The summed E-state index contributed by atoms with van der Waals surface area (Å²) in [6, 6.07) is 7.83. The highest BCUT2D eigenvalue weighted by atomic mass is 16.3. The molecule has 0 amide bonds. The summed E-state index contributed by atoms with van der Waals surface area (Å²) < 4.78 is 0. The molecule has 2 heterocycles. The van der Waals surface area contributed by atoms with Gasteiger partial charge >= 0.3 is 0 Å². The molecule has 0 bridgehead atoms. The van der Waals surface area contributed by atoms with Gasteiger partial charge in [0, 0.05) is 11.4 Å². The van der Waals surface area contributed by atoms with Gasteiger partial charge in [-0.05, 0) is 57.2 Å². The first kappa shape index (κ1) is 12.2. The van der Waals surface area contributed by atoms with E-state index in [9.17, 15) is 5.11 Å². The van der Waals surface area contributed by atoms with Crippen LogP contribution >= 0.6 is 0 Å². The monoisotopic (exact) mass is 257 g/mol. The second kappa shape index (κ2) is 5.05. The van der Waals surface area contributed by atoms with Crippen molar-refractivity contribution in [3.05, 3.63) is 30.5 Å². The van der Waals surface area contributed by atoms with E-state index >= 15 is 0 Å². The van der Waals surface area contributed by atoms with Crippen LogP contribution in [-0.2, 0) is 0 Å². The Bertz CT molecular complexity index is 577. The zero-order valence-electron chi connectivity index (χ0n) is 11.1. The first-order valence-corrected chi connectivity index (χ1v) is 6.74. The SMILES string of the molecule is CN1CCC(Nc2cnc3ccc(O)cc3c2)CC1. The molecule has 1 saturated heterocycles. The molecule has 1 fully saturated rings. The van der Waals surface area contributed by atoms with Crippen LogP contribution in [0.2, 0.25) is 0 Å². The van der Waals surface area contributed by atoms with E-state index in [4.69, 9.17) is 0 Å². The number of rotatable bonds is 2. The molecule has 4 heteroatoms. The summed E-state index contributed by atoms with van der Waals surface area (Å²) in [5.41, 5.74) is 1.94. The summed E-state index contributed by atoms with van der Waals surface area (Å²) >= 11 is 0. The molecule has 0 unspecified atom stereocenters. The fourth-order valence-electron chi connectivity index (χ4n) is 2.59. The van der Waals surface area contributed by atoms with Gasteiger partial charge in [-0.3, -0.25) is 4.98 Å². The van der Waals surface area contributed by atoms with Crippen LogP contribution in [0, 0.1) is 0 Å². The Morgan fingerprint density at radius 3 is 2.84 bits per heavy atom. The van der Waals surface area contributed by atoms with E-state index in [2.05, 4.69) is 28.3 Å². The van der Waals surface area contributed by atoms with E-state index in [1.165, 1.54) is 0 Å². The van der Waals surface area contributed by atoms with Crippen LogP contribution in [0.1, 0.15) is 12.8 Å². The molecule has 0 spiro atoms. The van der Waals surface area contributed by atoms with Gasteiger partial charge in [0.1, 0.15) is 5.75 Å². The van der Waals surface area contributed by atoms with Crippen LogP contribution in [0.15, 0.2) is 30.5 Å². The third-order valence-electron chi connectivity index (χ3n) is 3.75. The minimum Gasteiger partial charge on any atom is -0.508 e. The van der Waals surface area contributed by atoms with Crippen molar-refractivity contribution >= 4 is 16.6 Å². The first-order chi connectivity index (χ1) is 9.20. The summed E-state index contributed by atoms with van der Waals surface area (Å²) in [7, 11) is 2.16. The zero-order valence-corrected chi connectivity index (χ0v) is 11.1. The second-order valence-corrected chi connectivity index (χ2v) is 5.32. The fourth-order valence-corrected chi connectivity index (χ4v) is 2.59. The number of likely N-dealkylation sites (tertiary alicyclic amines) is 1. The Hall–Kier alpha value is -1.81. The minimum absolute atomic E-state index is 0.283. The average Bonchev–Trinajstić information content (AvgIpc) is 2.41. The van der Waals surface area contributed by atoms with Gasteiger partial charge in [-0.1, -0.05) is 0 Å². The number of nitrogens with one attached hydrogen (secondary N) is 1. The van der Waals surface area contributed by atoms with E-state index in [-0.39, 0.29) is 5.75 Å². The summed E-state index contributed by atoms with van der Waals surface area (Å²) in [5.74, 6) is 0.283. The number of hydrogen-bond acceptors (Lipinski definition) is 4. The van der Waals surface area contributed by atoms with Crippen LogP contribution in [0.5, 0.6) is 5.75 Å². The van der Waals surface area contributed by atoms with Gasteiger partial charge in [0.25, 0.3) is 0 Å². The smallest absolute Gasteiger partial charge is 0.116 e. The largest absolute Gasteiger partial charge is 0.508 e. The Kier molecular flexibility index (Phi) is 3.25. The van der Waals surface area contributed by atoms with Gasteiger partial charge in [-0.2, -0.15) is 0 Å². The fraction of sp³-hybridized carbons (Fsp3) is 0.400. The first-order valence-electron chi connectivity index (χ1n) is 6.74. The maximum absolute atomic E-state index is 9.52. The predicted molar refractivity (Wildman–Crippen MR) is 77.5 cm³/mol. The van der Waals surface area contributed by atoms with Crippen molar-refractivity contribution in [1.29, 1.82) is 0 Å². The maximum Gasteiger partial charge on any atom is 0.116 e. The molecule has 0 atom stereocenters. The van der Waals surface area contributed by atoms with Gasteiger partial charge in [0.05, 0.1) is 17.4 Å². The molecule has 0 saturated carbocycles. The number of nitrogens with zero attached hydrogens (tertiary/aromatic N) is 2. The van der Waals surface area contributed by atoms with Crippen LogP contribution in [0.3, 0.4) is 0 Å². The highest BCUT2D eigenvalue weighted by Crippen LogP contribution is 2.22. The van der Waals surface area contributed by atoms with Crippen molar-refractivity contribution in [2.75, 3.05) is 25.5 Å². The van der Waals surface area contributed by atoms with Crippen LogP contribution < -0.4 is 5.32 Å². The van der Waals surface area contributed by atoms with E-state index in [1.807, 2.05) is 12.3 Å². The quantitative estimate of drug-likeness (QED) is 0.867. The van der Waals surface area contributed by atoms with Crippen molar-refractivity contribution in [1.82, 2.24) is 9.88 Å². The second-order valence-electron chi connectivity index (χ2n) is 5.32. The molecule has 0 aliphatic carbocycles. The topological polar surface area (TPSA) is 48.4 Å². The van der Waals surface area contributed by atoms with E-state index < -0.39 is 0 Å². The van der Waals surface area contributed by atoms with Crippen molar-refractivity contribution in [3.8, 4) is 5.75 Å². The molecular weight excluding hydrogens is 238 g/mol. The zero-order chi connectivity index (χ0) is 13.2. The summed E-state index contributed by atoms with van der Waals surface area (Å²) in [6.07, 6.45) is 4.20. The van der Waals surface area contributed by atoms with E-state index in [0.717, 1.165) is 42.5 Å².